The highest BCUT2D eigenvalue weighted by Crippen LogP contribution is 2.27. The van der Waals surface area contributed by atoms with E-state index in [1.807, 2.05) is 0 Å². The summed E-state index contributed by atoms with van der Waals surface area (Å²) in [4.78, 5) is 0. The van der Waals surface area contributed by atoms with Crippen molar-refractivity contribution in [3.8, 4) is 0 Å². The molecule has 1 aliphatic rings. The molecule has 0 radical (unpaired) electrons. The number of rotatable bonds is 4. The van der Waals surface area contributed by atoms with Gasteiger partial charge in [-0.25, -0.2) is 0 Å². The highest BCUT2D eigenvalue weighted by molar-refractivity contribution is 7.08. The number of nitrogens with one attached hydrogen (secondary N) is 1. The molecule has 0 unspecified atom stereocenters. The van der Waals surface area contributed by atoms with Crippen LogP contribution in [-0.4, -0.2) is 6.54 Å². The molecule has 1 N–H and O–H groups in total. The van der Waals surface area contributed by atoms with Gasteiger partial charge < -0.3 is 5.32 Å². The van der Waals surface area contributed by atoms with Gasteiger partial charge in [0, 0.05) is 6.54 Å². The minimum Gasteiger partial charge on any atom is -0.312 e. The van der Waals surface area contributed by atoms with Crippen molar-refractivity contribution in [2.75, 3.05) is 6.54 Å². The molecule has 2 heteroatoms. The highest BCUT2D eigenvalue weighted by atomic mass is 32.1. The maximum Gasteiger partial charge on any atom is 0.0216 e. The van der Waals surface area contributed by atoms with E-state index in [2.05, 4.69) is 23.0 Å². The van der Waals surface area contributed by atoms with Crippen molar-refractivity contribution in [1.29, 1.82) is 0 Å². The van der Waals surface area contributed by atoms with Gasteiger partial charge in [-0.3, -0.25) is 0 Å². The molecule has 1 saturated carbocycles. The lowest BCUT2D eigenvalue weighted by molar-refractivity contribution is 0.638. The lowest BCUT2D eigenvalue weighted by Gasteiger charge is -2.01. The number of thiophene rings is 1. The summed E-state index contributed by atoms with van der Waals surface area (Å²) in [7, 11) is 0. The average Bonchev–Trinajstić information content (AvgIpc) is 2.78. The van der Waals surface area contributed by atoms with Crippen molar-refractivity contribution in [2.24, 2.45) is 5.92 Å². The van der Waals surface area contributed by atoms with Gasteiger partial charge >= 0.3 is 0 Å². The van der Waals surface area contributed by atoms with E-state index in [4.69, 9.17) is 0 Å². The predicted molar refractivity (Wildman–Crippen MR) is 53.5 cm³/mol. The van der Waals surface area contributed by atoms with Gasteiger partial charge in [0.15, 0.2) is 0 Å². The summed E-state index contributed by atoms with van der Waals surface area (Å²) >= 11 is 1.80. The van der Waals surface area contributed by atoms with E-state index < -0.39 is 0 Å². The van der Waals surface area contributed by atoms with E-state index in [1.54, 1.807) is 11.3 Å². The van der Waals surface area contributed by atoms with E-state index in [0.717, 1.165) is 12.5 Å². The first-order valence-electron chi connectivity index (χ1n) is 4.58. The minimum absolute atomic E-state index is 0.990. The molecule has 0 bridgehead atoms. The second-order valence-electron chi connectivity index (χ2n) is 3.65. The normalized spacial score (nSPS) is 16.8. The first kappa shape index (κ1) is 8.27. The Morgan fingerprint density at radius 2 is 2.33 bits per heavy atom. The maximum atomic E-state index is 3.50. The van der Waals surface area contributed by atoms with Gasteiger partial charge in [0.05, 0.1) is 0 Å². The van der Waals surface area contributed by atoms with Crippen LogP contribution in [0.25, 0.3) is 0 Å². The zero-order valence-corrected chi connectivity index (χ0v) is 8.29. The molecule has 12 heavy (non-hydrogen) atoms. The Kier molecular flexibility index (Phi) is 2.47. The third-order valence-electron chi connectivity index (χ3n) is 2.41. The molecule has 1 fully saturated rings. The first-order valence-corrected chi connectivity index (χ1v) is 5.53. The van der Waals surface area contributed by atoms with Crippen LogP contribution in [0.3, 0.4) is 0 Å². The third-order valence-corrected chi connectivity index (χ3v) is 3.32. The van der Waals surface area contributed by atoms with Crippen molar-refractivity contribution in [1.82, 2.24) is 5.32 Å². The van der Waals surface area contributed by atoms with Crippen LogP contribution in [0.5, 0.6) is 0 Å². The summed E-state index contributed by atoms with van der Waals surface area (Å²) < 4.78 is 0. The fourth-order valence-electron chi connectivity index (χ4n) is 1.30. The molecular weight excluding hydrogens is 166 g/mol. The minimum atomic E-state index is 0.990. The number of hydrogen-bond donors (Lipinski definition) is 1. The van der Waals surface area contributed by atoms with E-state index in [-0.39, 0.29) is 0 Å². The Bertz CT molecular complexity index is 250. The van der Waals surface area contributed by atoms with Crippen LogP contribution in [0.2, 0.25) is 0 Å². The van der Waals surface area contributed by atoms with Crippen LogP contribution < -0.4 is 5.32 Å². The lowest BCUT2D eigenvalue weighted by Crippen LogP contribution is -2.16. The molecule has 0 spiro atoms. The molecule has 0 atom stereocenters. The molecule has 1 nitrogen and oxygen atoms in total. The van der Waals surface area contributed by atoms with Crippen molar-refractivity contribution >= 4 is 11.3 Å². The fraction of sp³-hybridized carbons (Fsp3) is 0.600. The van der Waals surface area contributed by atoms with Gasteiger partial charge in [-0.05, 0) is 54.1 Å². The van der Waals surface area contributed by atoms with Crippen LogP contribution in [-0.2, 0) is 6.54 Å². The van der Waals surface area contributed by atoms with Crippen LogP contribution >= 0.6 is 11.3 Å². The SMILES string of the molecule is Cc1cscc1CNCC1CC1. The summed E-state index contributed by atoms with van der Waals surface area (Å²) in [6, 6.07) is 0. The molecule has 1 aliphatic carbocycles. The van der Waals surface area contributed by atoms with Crippen LogP contribution in [0.1, 0.15) is 24.0 Å². The van der Waals surface area contributed by atoms with Crippen LogP contribution in [0, 0.1) is 12.8 Å². The van der Waals surface area contributed by atoms with E-state index in [1.165, 1.54) is 30.5 Å². The second kappa shape index (κ2) is 3.58. The summed E-state index contributed by atoms with van der Waals surface area (Å²) in [5, 5.41) is 7.96. The molecule has 1 heterocycles. The van der Waals surface area contributed by atoms with Crippen molar-refractivity contribution in [3.63, 3.8) is 0 Å². The largest absolute Gasteiger partial charge is 0.312 e. The van der Waals surface area contributed by atoms with Gasteiger partial charge in [-0.2, -0.15) is 11.3 Å². The second-order valence-corrected chi connectivity index (χ2v) is 4.40. The Hall–Kier alpha value is -0.340. The van der Waals surface area contributed by atoms with E-state index in [9.17, 15) is 0 Å². The monoisotopic (exact) mass is 181 g/mol. The third kappa shape index (κ3) is 2.08. The van der Waals surface area contributed by atoms with E-state index >= 15 is 0 Å². The fourth-order valence-corrected chi connectivity index (χ4v) is 2.16. The maximum absolute atomic E-state index is 3.50. The highest BCUT2D eigenvalue weighted by Gasteiger charge is 2.20. The Labute approximate surface area is 77.8 Å². The van der Waals surface area contributed by atoms with Crippen LogP contribution in [0.4, 0.5) is 0 Å². The predicted octanol–water partition coefficient (Wildman–Crippen LogP) is 2.56. The Morgan fingerprint density at radius 3 is 2.92 bits per heavy atom. The molecule has 0 aromatic carbocycles. The summed E-state index contributed by atoms with van der Waals surface area (Å²) in [6.45, 7) is 4.46. The molecule has 0 amide bonds. The van der Waals surface area contributed by atoms with Crippen molar-refractivity contribution in [3.05, 3.63) is 21.9 Å². The van der Waals surface area contributed by atoms with Gasteiger partial charge in [0.2, 0.25) is 0 Å². The van der Waals surface area contributed by atoms with Gasteiger partial charge in [0.25, 0.3) is 0 Å². The van der Waals surface area contributed by atoms with Crippen molar-refractivity contribution < 1.29 is 0 Å². The quantitative estimate of drug-likeness (QED) is 0.752. The standard InChI is InChI=1S/C10H15NS/c1-8-6-12-7-10(8)5-11-4-9-2-3-9/h6-7,9,11H,2-5H2,1H3. The number of aryl methyl sites for hydroxylation is 1. The zero-order chi connectivity index (χ0) is 8.39. The molecule has 0 saturated heterocycles. The smallest absolute Gasteiger partial charge is 0.0216 e. The van der Waals surface area contributed by atoms with Gasteiger partial charge in [0.1, 0.15) is 0 Å². The Morgan fingerprint density at radius 1 is 1.50 bits per heavy atom. The molecule has 1 aromatic heterocycles. The van der Waals surface area contributed by atoms with Crippen LogP contribution in [0.15, 0.2) is 10.8 Å². The molecule has 1 aromatic rings. The van der Waals surface area contributed by atoms with Gasteiger partial charge in [-0.1, -0.05) is 0 Å². The zero-order valence-electron chi connectivity index (χ0n) is 7.47. The summed E-state index contributed by atoms with van der Waals surface area (Å²) in [5.41, 5.74) is 2.91. The van der Waals surface area contributed by atoms with E-state index in [0.29, 0.717) is 0 Å². The van der Waals surface area contributed by atoms with Gasteiger partial charge in [-0.15, -0.1) is 0 Å². The Balaban J connectivity index is 1.75. The summed E-state index contributed by atoms with van der Waals surface area (Å²) in [6.07, 6.45) is 2.88. The lowest BCUT2D eigenvalue weighted by atomic mass is 10.2. The molecular formula is C10H15NS. The van der Waals surface area contributed by atoms with Crippen molar-refractivity contribution in [2.45, 2.75) is 26.3 Å². The molecule has 2 rings (SSSR count). The number of hydrogen-bond acceptors (Lipinski definition) is 2. The average molecular weight is 181 g/mol. The molecule has 0 aliphatic heterocycles. The first-order chi connectivity index (χ1) is 5.86. The summed E-state index contributed by atoms with van der Waals surface area (Å²) in [5.74, 6) is 0.990. The molecule has 66 valence electrons. The topological polar surface area (TPSA) is 12.0 Å².